The van der Waals surface area contributed by atoms with Gasteiger partial charge in [-0.25, -0.2) is 0 Å². The molecule has 84 valence electrons. The van der Waals surface area contributed by atoms with E-state index in [0.29, 0.717) is 12.2 Å². The minimum Gasteiger partial charge on any atom is -0.394 e. The van der Waals surface area contributed by atoms with Gasteiger partial charge in [-0.2, -0.15) is 10.2 Å². The third-order valence-corrected chi connectivity index (χ3v) is 1.72. The maximum Gasteiger partial charge on any atom is 0.241 e. The molecule has 3 N–H and O–H groups in total. The number of carbonyl (C=O) groups is 1. The van der Waals surface area contributed by atoms with Gasteiger partial charge in [0.25, 0.3) is 0 Å². The number of aliphatic hydroxyl groups excluding tert-OH is 1. The van der Waals surface area contributed by atoms with Gasteiger partial charge in [0.1, 0.15) is 0 Å². The van der Waals surface area contributed by atoms with E-state index >= 15 is 0 Å². The van der Waals surface area contributed by atoms with E-state index in [0.717, 1.165) is 5.56 Å². The van der Waals surface area contributed by atoms with Crippen LogP contribution >= 0.6 is 0 Å². The summed E-state index contributed by atoms with van der Waals surface area (Å²) in [6.45, 7) is 0.284. The van der Waals surface area contributed by atoms with Crippen LogP contribution in [0.5, 0.6) is 0 Å². The van der Waals surface area contributed by atoms with Gasteiger partial charge in [-0.1, -0.05) is 12.1 Å². The van der Waals surface area contributed by atoms with Gasteiger partial charge >= 0.3 is 0 Å². The van der Waals surface area contributed by atoms with Crippen molar-refractivity contribution in [2.75, 3.05) is 13.2 Å². The first-order valence-electron chi connectivity index (χ1n) is 4.78. The number of carbonyl (C=O) groups excluding carboxylic acids is 1. The Labute approximate surface area is 93.3 Å². The number of aliphatic hydroxyl groups is 1. The maximum atomic E-state index is 10.5. The molecule has 0 spiro atoms. The predicted octanol–water partition coefficient (Wildman–Crippen LogP) is 1.26. The summed E-state index contributed by atoms with van der Waals surface area (Å²) >= 11 is 0. The summed E-state index contributed by atoms with van der Waals surface area (Å²) in [6.07, 6.45) is 2.92. The third kappa shape index (κ3) is 4.47. The van der Waals surface area contributed by atoms with E-state index in [1.807, 2.05) is 0 Å². The van der Waals surface area contributed by atoms with Crippen molar-refractivity contribution in [1.29, 1.82) is 0 Å². The fraction of sp³-hybridized carbons (Fsp3) is 0.182. The number of hydrogen-bond donors (Lipinski definition) is 2. The molecule has 0 unspecified atom stereocenters. The fourth-order valence-electron chi connectivity index (χ4n) is 1.01. The molecule has 16 heavy (non-hydrogen) atoms. The zero-order valence-electron chi connectivity index (χ0n) is 8.71. The van der Waals surface area contributed by atoms with Crippen LogP contribution in [0.4, 0.5) is 5.69 Å². The number of nitrogens with zero attached hydrogens (tertiary/aromatic N) is 2. The molecular formula is C11H13N3O2. The first-order valence-corrected chi connectivity index (χ1v) is 4.78. The smallest absolute Gasteiger partial charge is 0.241 e. The van der Waals surface area contributed by atoms with Crippen LogP contribution in [0.25, 0.3) is 6.08 Å². The van der Waals surface area contributed by atoms with E-state index in [4.69, 9.17) is 10.8 Å². The van der Waals surface area contributed by atoms with Crippen molar-refractivity contribution in [2.24, 2.45) is 16.0 Å². The number of amides is 1. The maximum absolute atomic E-state index is 10.5. The molecule has 0 bridgehead atoms. The molecule has 0 heterocycles. The average molecular weight is 219 g/mol. The summed E-state index contributed by atoms with van der Waals surface area (Å²) in [5.74, 6) is -0.480. The Morgan fingerprint density at radius 3 is 2.62 bits per heavy atom. The largest absolute Gasteiger partial charge is 0.394 e. The highest BCUT2D eigenvalue weighted by Crippen LogP contribution is 2.14. The van der Waals surface area contributed by atoms with Gasteiger partial charge in [0, 0.05) is 6.08 Å². The van der Waals surface area contributed by atoms with Crippen molar-refractivity contribution in [3.05, 3.63) is 35.9 Å². The molecule has 1 aromatic carbocycles. The number of hydrogen-bond acceptors (Lipinski definition) is 4. The lowest BCUT2D eigenvalue weighted by Crippen LogP contribution is -2.04. The lowest BCUT2D eigenvalue weighted by molar-refractivity contribution is -0.113. The molecule has 0 aliphatic carbocycles. The fourth-order valence-corrected chi connectivity index (χ4v) is 1.01. The van der Waals surface area contributed by atoms with E-state index in [1.54, 1.807) is 30.3 Å². The molecule has 1 amide bonds. The molecule has 0 saturated heterocycles. The van der Waals surface area contributed by atoms with Gasteiger partial charge in [0.15, 0.2) is 0 Å². The van der Waals surface area contributed by atoms with E-state index in [9.17, 15) is 4.79 Å². The summed E-state index contributed by atoms with van der Waals surface area (Å²) in [5.41, 5.74) is 6.53. The van der Waals surface area contributed by atoms with Crippen LogP contribution in [0.1, 0.15) is 5.56 Å². The SMILES string of the molecule is NC(=O)C=Cc1ccc(N=NCCO)cc1. The lowest BCUT2D eigenvalue weighted by atomic mass is 10.2. The number of rotatable bonds is 5. The Morgan fingerprint density at radius 2 is 2.06 bits per heavy atom. The zero-order valence-corrected chi connectivity index (χ0v) is 8.71. The van der Waals surface area contributed by atoms with Crippen molar-refractivity contribution in [2.45, 2.75) is 0 Å². The van der Waals surface area contributed by atoms with E-state index in [-0.39, 0.29) is 6.61 Å². The molecule has 0 aromatic heterocycles. The minimum atomic E-state index is -0.480. The lowest BCUT2D eigenvalue weighted by Gasteiger charge is -1.94. The molecule has 1 aromatic rings. The first kappa shape index (κ1) is 12.1. The highest BCUT2D eigenvalue weighted by molar-refractivity contribution is 5.90. The summed E-state index contributed by atoms with van der Waals surface area (Å²) < 4.78 is 0. The molecule has 5 nitrogen and oxygen atoms in total. The monoisotopic (exact) mass is 219 g/mol. The Bertz CT molecular complexity index is 396. The highest BCUT2D eigenvalue weighted by Gasteiger charge is 1.90. The van der Waals surface area contributed by atoms with Crippen molar-refractivity contribution < 1.29 is 9.90 Å². The van der Waals surface area contributed by atoms with Crippen molar-refractivity contribution >= 4 is 17.7 Å². The van der Waals surface area contributed by atoms with Crippen LogP contribution in [0.15, 0.2) is 40.6 Å². The van der Waals surface area contributed by atoms with E-state index < -0.39 is 5.91 Å². The van der Waals surface area contributed by atoms with Crippen LogP contribution in [0, 0.1) is 0 Å². The standard InChI is InChI=1S/C11H13N3O2/c12-11(16)6-3-9-1-4-10(5-2-9)14-13-7-8-15/h1-6,15H,7-8H2,(H2,12,16). The van der Waals surface area contributed by atoms with Gasteiger partial charge in [0.05, 0.1) is 18.8 Å². The molecule has 0 aliphatic heterocycles. The topological polar surface area (TPSA) is 88.0 Å². The number of benzene rings is 1. The Hall–Kier alpha value is -2.01. The summed E-state index contributed by atoms with van der Waals surface area (Å²) in [5, 5.41) is 16.1. The number of azo groups is 1. The number of primary amides is 1. The Kier molecular flexibility index (Phi) is 4.88. The van der Waals surface area contributed by atoms with Crippen molar-refractivity contribution in [1.82, 2.24) is 0 Å². The third-order valence-electron chi connectivity index (χ3n) is 1.72. The van der Waals surface area contributed by atoms with Crippen LogP contribution < -0.4 is 5.73 Å². The molecule has 1 rings (SSSR count). The number of nitrogens with two attached hydrogens (primary N) is 1. The second kappa shape index (κ2) is 6.47. The van der Waals surface area contributed by atoms with E-state index in [2.05, 4.69) is 10.2 Å². The molecular weight excluding hydrogens is 206 g/mol. The van der Waals surface area contributed by atoms with Crippen molar-refractivity contribution in [3.8, 4) is 0 Å². The highest BCUT2D eigenvalue weighted by atomic mass is 16.3. The van der Waals surface area contributed by atoms with Gasteiger partial charge in [-0.3, -0.25) is 4.79 Å². The van der Waals surface area contributed by atoms with Gasteiger partial charge in [-0.15, -0.1) is 0 Å². The second-order valence-electron chi connectivity index (χ2n) is 3.02. The van der Waals surface area contributed by atoms with Crippen LogP contribution in [-0.2, 0) is 4.79 Å². The minimum absolute atomic E-state index is 0.0110. The van der Waals surface area contributed by atoms with Gasteiger partial charge < -0.3 is 10.8 Å². The van der Waals surface area contributed by atoms with Gasteiger partial charge in [-0.05, 0) is 23.8 Å². The van der Waals surface area contributed by atoms with E-state index in [1.165, 1.54) is 6.08 Å². The molecule has 0 atom stereocenters. The van der Waals surface area contributed by atoms with Crippen LogP contribution in [0.3, 0.4) is 0 Å². The molecule has 0 saturated carbocycles. The summed E-state index contributed by atoms with van der Waals surface area (Å²) in [6, 6.07) is 7.13. The van der Waals surface area contributed by atoms with Crippen LogP contribution in [0.2, 0.25) is 0 Å². The average Bonchev–Trinajstić information content (AvgIpc) is 2.28. The Morgan fingerprint density at radius 1 is 1.38 bits per heavy atom. The molecule has 0 fully saturated rings. The predicted molar refractivity (Wildman–Crippen MR) is 61.1 cm³/mol. The second-order valence-corrected chi connectivity index (χ2v) is 3.02. The quantitative estimate of drug-likeness (QED) is 0.576. The van der Waals surface area contributed by atoms with Crippen LogP contribution in [-0.4, -0.2) is 24.2 Å². The molecule has 5 heteroatoms. The molecule has 0 radical (unpaired) electrons. The van der Waals surface area contributed by atoms with Gasteiger partial charge in [0.2, 0.25) is 5.91 Å². The molecule has 0 aliphatic rings. The van der Waals surface area contributed by atoms with Crippen molar-refractivity contribution in [3.63, 3.8) is 0 Å². The summed E-state index contributed by atoms with van der Waals surface area (Å²) in [7, 11) is 0. The normalized spacial score (nSPS) is 11.3. The first-order chi connectivity index (χ1) is 7.72. The Balaban J connectivity index is 2.64. The zero-order chi connectivity index (χ0) is 11.8. The summed E-state index contributed by atoms with van der Waals surface area (Å²) in [4.78, 5) is 10.5.